The number of aromatic nitrogens is 2. The number of nitrogens with one attached hydrogen (secondary N) is 2. The summed E-state index contributed by atoms with van der Waals surface area (Å²) in [6, 6.07) is 7.95. The van der Waals surface area contributed by atoms with Gasteiger partial charge in [0.25, 0.3) is 0 Å². The Morgan fingerprint density at radius 3 is 2.71 bits per heavy atom. The first-order valence-electron chi connectivity index (χ1n) is 6.94. The van der Waals surface area contributed by atoms with E-state index in [-0.39, 0.29) is 5.91 Å². The van der Waals surface area contributed by atoms with Gasteiger partial charge in [-0.3, -0.25) is 4.79 Å². The van der Waals surface area contributed by atoms with Gasteiger partial charge in [0.05, 0.1) is 12.3 Å². The van der Waals surface area contributed by atoms with Gasteiger partial charge in [-0.1, -0.05) is 24.3 Å². The number of ether oxygens (including phenoxy) is 1. The second-order valence-electron chi connectivity index (χ2n) is 4.70. The number of nitrogens with zero attached hydrogens (tertiary/aromatic N) is 2. The van der Waals surface area contributed by atoms with Gasteiger partial charge in [0.15, 0.2) is 5.82 Å². The zero-order valence-corrected chi connectivity index (χ0v) is 12.3. The lowest BCUT2D eigenvalue weighted by atomic mass is 10.1. The molecule has 112 valence electrons. The summed E-state index contributed by atoms with van der Waals surface area (Å²) in [5.41, 5.74) is 0.897. The Labute approximate surface area is 123 Å². The largest absolute Gasteiger partial charge is 0.383 e. The fraction of sp³-hybridized carbons (Fsp3) is 0.400. The molecule has 1 amide bonds. The fourth-order valence-electron chi connectivity index (χ4n) is 2.04. The van der Waals surface area contributed by atoms with Gasteiger partial charge in [-0.25, -0.2) is 0 Å². The summed E-state index contributed by atoms with van der Waals surface area (Å²) in [4.78, 5) is 11.6. The Morgan fingerprint density at radius 2 is 1.95 bits per heavy atom. The molecule has 21 heavy (non-hydrogen) atoms. The first-order chi connectivity index (χ1) is 10.2. The average Bonchev–Trinajstić information content (AvgIpc) is 2.50. The maximum atomic E-state index is 11.6. The summed E-state index contributed by atoms with van der Waals surface area (Å²) in [6.45, 7) is 3.50. The minimum Gasteiger partial charge on any atom is -0.383 e. The van der Waals surface area contributed by atoms with Crippen molar-refractivity contribution in [2.75, 3.05) is 32.1 Å². The third kappa shape index (κ3) is 4.13. The lowest BCUT2D eigenvalue weighted by molar-refractivity contribution is -0.121. The second-order valence-corrected chi connectivity index (χ2v) is 4.70. The minimum atomic E-state index is -0.0103. The molecule has 2 N–H and O–H groups in total. The van der Waals surface area contributed by atoms with Crippen LogP contribution in [-0.2, 0) is 9.53 Å². The van der Waals surface area contributed by atoms with Crippen molar-refractivity contribution < 1.29 is 9.53 Å². The van der Waals surface area contributed by atoms with E-state index in [9.17, 15) is 4.79 Å². The van der Waals surface area contributed by atoms with Crippen LogP contribution in [0.2, 0.25) is 0 Å². The number of methoxy groups -OCH3 is 1. The third-order valence-corrected chi connectivity index (χ3v) is 3.14. The Morgan fingerprint density at radius 1 is 1.19 bits per heavy atom. The van der Waals surface area contributed by atoms with Crippen molar-refractivity contribution in [3.05, 3.63) is 30.0 Å². The van der Waals surface area contributed by atoms with E-state index >= 15 is 0 Å². The van der Waals surface area contributed by atoms with Crippen molar-refractivity contribution in [2.24, 2.45) is 0 Å². The molecular formula is C15H20N4O2. The molecule has 0 aliphatic carbocycles. The van der Waals surface area contributed by atoms with Gasteiger partial charge in [-0.15, -0.1) is 5.10 Å². The SMILES string of the molecule is COCCNC(=O)CCNc1nnc(C)c2ccccc12. The number of amides is 1. The van der Waals surface area contributed by atoms with Gasteiger partial charge in [0, 0.05) is 37.4 Å². The Kier molecular flexibility index (Phi) is 5.45. The molecule has 0 radical (unpaired) electrons. The molecule has 0 saturated carbocycles. The van der Waals surface area contributed by atoms with E-state index in [1.807, 2.05) is 31.2 Å². The summed E-state index contributed by atoms with van der Waals surface area (Å²) < 4.78 is 4.88. The number of aryl methyl sites for hydroxylation is 1. The Hall–Kier alpha value is -2.21. The summed E-state index contributed by atoms with van der Waals surface area (Å²) in [5.74, 6) is 0.699. The molecule has 1 aromatic carbocycles. The second kappa shape index (κ2) is 7.54. The van der Waals surface area contributed by atoms with Crippen molar-refractivity contribution in [1.29, 1.82) is 0 Å². The van der Waals surface area contributed by atoms with E-state index in [4.69, 9.17) is 4.74 Å². The summed E-state index contributed by atoms with van der Waals surface area (Å²) in [6.07, 6.45) is 0.383. The first-order valence-corrected chi connectivity index (χ1v) is 6.94. The van der Waals surface area contributed by atoms with E-state index in [0.29, 0.717) is 31.9 Å². The molecule has 2 aromatic rings. The standard InChI is InChI=1S/C15H20N4O2/c1-11-12-5-3-4-6-13(12)15(19-18-11)17-8-7-14(20)16-9-10-21-2/h3-6H,7-10H2,1-2H3,(H,16,20)(H,17,19). The molecule has 2 rings (SSSR count). The number of carbonyl (C=O) groups is 1. The normalized spacial score (nSPS) is 10.6. The third-order valence-electron chi connectivity index (χ3n) is 3.14. The van der Waals surface area contributed by atoms with Crippen molar-refractivity contribution in [2.45, 2.75) is 13.3 Å². The predicted molar refractivity (Wildman–Crippen MR) is 82.3 cm³/mol. The highest BCUT2D eigenvalue weighted by molar-refractivity contribution is 5.92. The van der Waals surface area contributed by atoms with Gasteiger partial charge in [-0.2, -0.15) is 5.10 Å². The van der Waals surface area contributed by atoms with Crippen LogP contribution in [0.3, 0.4) is 0 Å². The number of hydrogen-bond acceptors (Lipinski definition) is 5. The molecule has 6 heteroatoms. The number of hydrogen-bond donors (Lipinski definition) is 2. The highest BCUT2D eigenvalue weighted by atomic mass is 16.5. The summed E-state index contributed by atoms with van der Waals surface area (Å²) in [5, 5.41) is 16.3. The highest BCUT2D eigenvalue weighted by Crippen LogP contribution is 2.21. The molecule has 0 aliphatic rings. The molecule has 0 saturated heterocycles. The van der Waals surface area contributed by atoms with Gasteiger partial charge in [0.1, 0.15) is 0 Å². The smallest absolute Gasteiger partial charge is 0.221 e. The molecule has 1 heterocycles. The topological polar surface area (TPSA) is 76.1 Å². The van der Waals surface area contributed by atoms with Crippen LogP contribution >= 0.6 is 0 Å². The van der Waals surface area contributed by atoms with E-state index < -0.39 is 0 Å². The molecule has 1 aromatic heterocycles. The molecule has 0 atom stereocenters. The molecule has 0 aliphatic heterocycles. The van der Waals surface area contributed by atoms with Crippen LogP contribution in [0.5, 0.6) is 0 Å². The van der Waals surface area contributed by atoms with Crippen LogP contribution in [-0.4, -0.2) is 42.9 Å². The number of carbonyl (C=O) groups excluding carboxylic acids is 1. The fourth-order valence-corrected chi connectivity index (χ4v) is 2.04. The average molecular weight is 288 g/mol. The van der Waals surface area contributed by atoms with Gasteiger partial charge >= 0.3 is 0 Å². The minimum absolute atomic E-state index is 0.0103. The molecule has 0 unspecified atom stereocenters. The Balaban J connectivity index is 1.92. The summed E-state index contributed by atoms with van der Waals surface area (Å²) >= 11 is 0. The number of anilines is 1. The summed E-state index contributed by atoms with van der Waals surface area (Å²) in [7, 11) is 1.61. The maximum absolute atomic E-state index is 11.6. The maximum Gasteiger partial charge on any atom is 0.221 e. The molecule has 0 fully saturated rings. The molecular weight excluding hydrogens is 268 g/mol. The van der Waals surface area contributed by atoms with Crippen molar-refractivity contribution in [1.82, 2.24) is 15.5 Å². The predicted octanol–water partition coefficient (Wildman–Crippen LogP) is 1.50. The van der Waals surface area contributed by atoms with Crippen molar-refractivity contribution >= 4 is 22.5 Å². The zero-order chi connectivity index (χ0) is 15.1. The van der Waals surface area contributed by atoms with Gasteiger partial charge in [-0.05, 0) is 6.92 Å². The van der Waals surface area contributed by atoms with Crippen LogP contribution < -0.4 is 10.6 Å². The van der Waals surface area contributed by atoms with E-state index in [0.717, 1.165) is 16.5 Å². The van der Waals surface area contributed by atoms with Gasteiger partial charge < -0.3 is 15.4 Å². The number of rotatable bonds is 7. The monoisotopic (exact) mass is 288 g/mol. The molecule has 6 nitrogen and oxygen atoms in total. The number of benzene rings is 1. The van der Waals surface area contributed by atoms with E-state index in [1.165, 1.54) is 0 Å². The first kappa shape index (κ1) is 15.2. The van der Waals surface area contributed by atoms with Gasteiger partial charge in [0.2, 0.25) is 5.91 Å². The van der Waals surface area contributed by atoms with E-state index in [1.54, 1.807) is 7.11 Å². The van der Waals surface area contributed by atoms with Crippen LogP contribution in [0, 0.1) is 6.92 Å². The van der Waals surface area contributed by atoms with Crippen LogP contribution in [0.15, 0.2) is 24.3 Å². The van der Waals surface area contributed by atoms with Crippen LogP contribution in [0.1, 0.15) is 12.1 Å². The molecule has 0 spiro atoms. The van der Waals surface area contributed by atoms with Crippen LogP contribution in [0.4, 0.5) is 5.82 Å². The lowest BCUT2D eigenvalue weighted by Crippen LogP contribution is -2.28. The Bertz CT molecular complexity index is 616. The quantitative estimate of drug-likeness (QED) is 0.755. The molecule has 0 bridgehead atoms. The zero-order valence-electron chi connectivity index (χ0n) is 12.3. The van der Waals surface area contributed by atoms with E-state index in [2.05, 4.69) is 20.8 Å². The van der Waals surface area contributed by atoms with Crippen molar-refractivity contribution in [3.63, 3.8) is 0 Å². The highest BCUT2D eigenvalue weighted by Gasteiger charge is 2.06. The van der Waals surface area contributed by atoms with Crippen LogP contribution in [0.25, 0.3) is 10.8 Å². The lowest BCUT2D eigenvalue weighted by Gasteiger charge is -2.09. The van der Waals surface area contributed by atoms with Crippen molar-refractivity contribution in [3.8, 4) is 0 Å². The number of fused-ring (bicyclic) bond motifs is 1.